The van der Waals surface area contributed by atoms with Gasteiger partial charge < -0.3 is 20.1 Å². The molecule has 1 aliphatic carbocycles. The lowest BCUT2D eigenvalue weighted by atomic mass is 9.68. The summed E-state index contributed by atoms with van der Waals surface area (Å²) in [5.41, 5.74) is 4.17. The fourth-order valence-corrected chi connectivity index (χ4v) is 4.91. The number of amides is 1. The second-order valence-corrected chi connectivity index (χ2v) is 9.69. The monoisotopic (exact) mass is 461 g/mol. The van der Waals surface area contributed by atoms with Crippen molar-refractivity contribution in [3.63, 3.8) is 0 Å². The van der Waals surface area contributed by atoms with Gasteiger partial charge in [-0.3, -0.25) is 9.59 Å². The number of benzene rings is 1. The Morgan fingerprint density at radius 3 is 2.53 bits per heavy atom. The summed E-state index contributed by atoms with van der Waals surface area (Å²) >= 11 is 0. The zero-order valence-electron chi connectivity index (χ0n) is 20.5. The first-order valence-corrected chi connectivity index (χ1v) is 11.3. The van der Waals surface area contributed by atoms with Crippen molar-refractivity contribution in [3.8, 4) is 11.5 Å². The number of ether oxygens (including phenoxy) is 2. The minimum absolute atomic E-state index is 0.0277. The van der Waals surface area contributed by atoms with E-state index in [9.17, 15) is 9.59 Å². The molecule has 2 aliphatic rings. The van der Waals surface area contributed by atoms with Crippen LogP contribution in [0.15, 0.2) is 59.1 Å². The van der Waals surface area contributed by atoms with Crippen molar-refractivity contribution in [2.24, 2.45) is 5.41 Å². The summed E-state index contributed by atoms with van der Waals surface area (Å²) in [6, 6.07) is 9.19. The number of dihydropyridines is 1. The van der Waals surface area contributed by atoms with Gasteiger partial charge in [-0.05, 0) is 43.4 Å². The molecule has 0 fully saturated rings. The Hall–Kier alpha value is -3.61. The molecule has 1 aliphatic heterocycles. The number of pyridine rings is 1. The van der Waals surface area contributed by atoms with Crippen LogP contribution in [-0.2, 0) is 9.59 Å². The van der Waals surface area contributed by atoms with Crippen molar-refractivity contribution in [2.75, 3.05) is 19.5 Å². The van der Waals surface area contributed by atoms with Crippen LogP contribution in [0.3, 0.4) is 0 Å². The number of para-hydroxylation sites is 1. The van der Waals surface area contributed by atoms with Gasteiger partial charge in [-0.25, -0.2) is 4.98 Å². The number of hydrogen-bond donors (Lipinski definition) is 2. The molecule has 178 valence electrons. The maximum Gasteiger partial charge on any atom is 0.255 e. The molecule has 1 aromatic carbocycles. The molecule has 4 rings (SSSR count). The summed E-state index contributed by atoms with van der Waals surface area (Å²) in [6.07, 6.45) is 2.82. The van der Waals surface area contributed by atoms with E-state index in [1.54, 1.807) is 32.5 Å². The molecule has 2 aromatic rings. The van der Waals surface area contributed by atoms with Crippen LogP contribution in [0.2, 0.25) is 0 Å². The van der Waals surface area contributed by atoms with Crippen LogP contribution in [0.1, 0.15) is 50.7 Å². The first-order chi connectivity index (χ1) is 16.1. The second kappa shape index (κ2) is 8.97. The Morgan fingerprint density at radius 1 is 1.12 bits per heavy atom. The quantitative estimate of drug-likeness (QED) is 0.674. The molecule has 7 heteroatoms. The van der Waals surface area contributed by atoms with Crippen LogP contribution in [-0.4, -0.2) is 30.9 Å². The Labute approximate surface area is 200 Å². The van der Waals surface area contributed by atoms with Crippen LogP contribution in [0.5, 0.6) is 11.5 Å². The van der Waals surface area contributed by atoms with Crippen molar-refractivity contribution >= 4 is 17.5 Å². The van der Waals surface area contributed by atoms with Crippen LogP contribution in [0, 0.1) is 12.3 Å². The number of allylic oxidation sites excluding steroid dienone is 3. The molecule has 2 N–H and O–H groups in total. The van der Waals surface area contributed by atoms with Gasteiger partial charge in [0.15, 0.2) is 17.3 Å². The Morgan fingerprint density at radius 2 is 1.88 bits per heavy atom. The van der Waals surface area contributed by atoms with Crippen molar-refractivity contribution in [2.45, 2.75) is 46.5 Å². The normalized spacial score (nSPS) is 19.4. The molecule has 0 bridgehead atoms. The third-order valence-corrected chi connectivity index (χ3v) is 6.38. The number of nitrogens with zero attached hydrogens (tertiary/aromatic N) is 1. The van der Waals surface area contributed by atoms with Crippen LogP contribution in [0.25, 0.3) is 0 Å². The standard InChI is InChI=1S/C27H31N3O4/c1-15-10-11-21(28-14-15)30-26(32)22-16(2)29-18-12-27(3,4)13-19(31)24(18)23(22)17-8-7-9-20(33-5)25(17)34-6/h7-11,14,23,29H,12-13H2,1-6H3,(H,28,30,32)/t23-/m1/s1. The fourth-order valence-electron chi connectivity index (χ4n) is 4.91. The number of carbonyl (C=O) groups is 2. The highest BCUT2D eigenvalue weighted by Crippen LogP contribution is 2.50. The van der Waals surface area contributed by atoms with Crippen molar-refractivity contribution in [3.05, 3.63) is 70.2 Å². The van der Waals surface area contributed by atoms with E-state index in [0.29, 0.717) is 52.6 Å². The predicted octanol–water partition coefficient (Wildman–Crippen LogP) is 4.65. The molecule has 0 radical (unpaired) electrons. The van der Waals surface area contributed by atoms with Gasteiger partial charge in [0.2, 0.25) is 0 Å². The van der Waals surface area contributed by atoms with Crippen molar-refractivity contribution < 1.29 is 19.1 Å². The lowest BCUT2D eigenvalue weighted by molar-refractivity contribution is -0.118. The number of Topliss-reactive ketones (excluding diaryl/α,β-unsaturated/α-hetero) is 1. The number of nitrogens with one attached hydrogen (secondary N) is 2. The minimum atomic E-state index is -0.602. The second-order valence-electron chi connectivity index (χ2n) is 9.69. The van der Waals surface area contributed by atoms with E-state index in [0.717, 1.165) is 11.3 Å². The highest BCUT2D eigenvalue weighted by molar-refractivity contribution is 6.09. The molecular weight excluding hydrogens is 430 g/mol. The van der Waals surface area contributed by atoms with Crippen molar-refractivity contribution in [1.29, 1.82) is 0 Å². The Bertz CT molecular complexity index is 1210. The van der Waals surface area contributed by atoms with Gasteiger partial charge in [0.1, 0.15) is 5.82 Å². The number of aromatic nitrogens is 1. The zero-order valence-corrected chi connectivity index (χ0v) is 20.5. The maximum atomic E-state index is 13.7. The molecule has 2 heterocycles. The third-order valence-electron chi connectivity index (χ3n) is 6.38. The number of methoxy groups -OCH3 is 2. The van der Waals surface area contributed by atoms with E-state index in [-0.39, 0.29) is 17.1 Å². The number of hydrogen-bond acceptors (Lipinski definition) is 6. The summed E-state index contributed by atoms with van der Waals surface area (Å²) in [5, 5.41) is 6.29. The summed E-state index contributed by atoms with van der Waals surface area (Å²) in [7, 11) is 3.14. The molecule has 34 heavy (non-hydrogen) atoms. The molecule has 0 saturated carbocycles. The highest BCUT2D eigenvalue weighted by atomic mass is 16.5. The number of rotatable bonds is 5. The summed E-state index contributed by atoms with van der Waals surface area (Å²) < 4.78 is 11.3. The van der Waals surface area contributed by atoms with E-state index in [2.05, 4.69) is 29.5 Å². The fraction of sp³-hybridized carbons (Fsp3) is 0.370. The predicted molar refractivity (Wildman–Crippen MR) is 131 cm³/mol. The van der Waals surface area contributed by atoms with Gasteiger partial charge >= 0.3 is 0 Å². The molecule has 0 unspecified atom stereocenters. The Kier molecular flexibility index (Phi) is 6.21. The van der Waals surface area contributed by atoms with E-state index >= 15 is 0 Å². The largest absolute Gasteiger partial charge is 0.493 e. The van der Waals surface area contributed by atoms with Crippen LogP contribution in [0.4, 0.5) is 5.82 Å². The van der Waals surface area contributed by atoms with Crippen LogP contribution < -0.4 is 20.1 Å². The molecule has 1 aromatic heterocycles. The third kappa shape index (κ3) is 4.30. The number of anilines is 1. The minimum Gasteiger partial charge on any atom is -0.493 e. The topological polar surface area (TPSA) is 89.5 Å². The number of aryl methyl sites for hydroxylation is 1. The molecule has 0 spiro atoms. The van der Waals surface area contributed by atoms with Gasteiger partial charge in [0.05, 0.1) is 20.1 Å². The lowest BCUT2D eigenvalue weighted by Gasteiger charge is -2.40. The highest BCUT2D eigenvalue weighted by Gasteiger charge is 2.43. The van der Waals surface area contributed by atoms with Crippen LogP contribution >= 0.6 is 0 Å². The maximum absolute atomic E-state index is 13.7. The van der Waals surface area contributed by atoms with E-state index in [1.165, 1.54) is 0 Å². The zero-order chi connectivity index (χ0) is 24.6. The number of carbonyl (C=O) groups excluding carboxylic acids is 2. The smallest absolute Gasteiger partial charge is 0.255 e. The SMILES string of the molecule is COc1cccc([C@@H]2C(C(=O)Nc3ccc(C)cn3)=C(C)NC3=C2C(=O)CC(C)(C)C3)c1OC. The van der Waals surface area contributed by atoms with E-state index in [1.807, 2.05) is 32.0 Å². The molecule has 0 saturated heterocycles. The lowest BCUT2D eigenvalue weighted by Crippen LogP contribution is -2.39. The first kappa shape index (κ1) is 23.5. The van der Waals surface area contributed by atoms with Crippen molar-refractivity contribution in [1.82, 2.24) is 10.3 Å². The molecule has 1 amide bonds. The summed E-state index contributed by atoms with van der Waals surface area (Å²) in [5.74, 6) is 0.605. The molecule has 7 nitrogen and oxygen atoms in total. The molecule has 1 atom stereocenters. The summed E-state index contributed by atoms with van der Waals surface area (Å²) in [4.78, 5) is 31.5. The first-order valence-electron chi connectivity index (χ1n) is 11.3. The molecular formula is C27H31N3O4. The Balaban J connectivity index is 1.87. The van der Waals surface area contributed by atoms with Gasteiger partial charge in [-0.2, -0.15) is 0 Å². The van der Waals surface area contributed by atoms with E-state index in [4.69, 9.17) is 9.47 Å². The van der Waals surface area contributed by atoms with Gasteiger partial charge in [-0.1, -0.05) is 32.0 Å². The summed E-state index contributed by atoms with van der Waals surface area (Å²) in [6.45, 7) is 7.97. The average Bonchev–Trinajstić information content (AvgIpc) is 2.78. The van der Waals surface area contributed by atoms with Gasteiger partial charge in [-0.15, -0.1) is 0 Å². The van der Waals surface area contributed by atoms with E-state index < -0.39 is 5.92 Å². The number of ketones is 1. The van der Waals surface area contributed by atoms with Gasteiger partial charge in [0, 0.05) is 40.7 Å². The average molecular weight is 462 g/mol. The van der Waals surface area contributed by atoms with Gasteiger partial charge in [0.25, 0.3) is 5.91 Å².